The highest BCUT2D eigenvalue weighted by molar-refractivity contribution is 5.87. The second kappa shape index (κ2) is 7.99. The van der Waals surface area contributed by atoms with Crippen molar-refractivity contribution in [3.8, 4) is 0 Å². The van der Waals surface area contributed by atoms with Crippen molar-refractivity contribution in [2.45, 2.75) is 26.7 Å². The summed E-state index contributed by atoms with van der Waals surface area (Å²) in [5.41, 5.74) is 3.23. The molecule has 0 fully saturated rings. The van der Waals surface area contributed by atoms with Gasteiger partial charge in [0.15, 0.2) is 0 Å². The zero-order valence-electron chi connectivity index (χ0n) is 15.4. The Kier molecular flexibility index (Phi) is 6.61. The molecule has 0 bridgehead atoms. The zero-order valence-corrected chi connectivity index (χ0v) is 15.4. The highest BCUT2D eigenvalue weighted by Crippen LogP contribution is 2.31. The summed E-state index contributed by atoms with van der Waals surface area (Å²) >= 11 is 0. The van der Waals surface area contributed by atoms with Gasteiger partial charge in [0.1, 0.15) is 0 Å². The second-order valence-corrected chi connectivity index (χ2v) is 6.60. The molecule has 0 heterocycles. The summed E-state index contributed by atoms with van der Waals surface area (Å²) in [6.45, 7) is 6.65. The maximum absolute atomic E-state index is 12.2. The molecule has 23 heavy (non-hydrogen) atoms. The van der Waals surface area contributed by atoms with Gasteiger partial charge < -0.3 is 14.7 Å². The Morgan fingerprint density at radius 3 is 1.83 bits per heavy atom. The molecule has 128 valence electrons. The Labute approximate surface area is 139 Å². The van der Waals surface area contributed by atoms with E-state index in [0.717, 1.165) is 16.8 Å². The molecular weight excluding hydrogens is 290 g/mol. The molecule has 1 aromatic carbocycles. The number of para-hydroxylation sites is 1. The topological polar surface area (TPSA) is 43.9 Å². The SMILES string of the molecule is Cc1cccc(C(C)C)c1N(CC(=O)N(C)C)CC(=O)N(C)C. The predicted molar refractivity (Wildman–Crippen MR) is 94.9 cm³/mol. The van der Waals surface area contributed by atoms with Crippen molar-refractivity contribution in [2.24, 2.45) is 0 Å². The average molecular weight is 319 g/mol. The van der Waals surface area contributed by atoms with E-state index < -0.39 is 0 Å². The van der Waals surface area contributed by atoms with Crippen molar-refractivity contribution in [3.05, 3.63) is 29.3 Å². The van der Waals surface area contributed by atoms with Crippen LogP contribution in [0, 0.1) is 6.92 Å². The molecule has 0 spiro atoms. The van der Waals surface area contributed by atoms with E-state index in [9.17, 15) is 9.59 Å². The molecule has 0 atom stereocenters. The lowest BCUT2D eigenvalue weighted by molar-refractivity contribution is -0.128. The number of aryl methyl sites for hydroxylation is 1. The Hall–Kier alpha value is -2.04. The quantitative estimate of drug-likeness (QED) is 0.806. The monoisotopic (exact) mass is 319 g/mol. The van der Waals surface area contributed by atoms with Gasteiger partial charge in [-0.25, -0.2) is 0 Å². The van der Waals surface area contributed by atoms with Gasteiger partial charge in [-0.1, -0.05) is 32.0 Å². The zero-order chi connectivity index (χ0) is 17.7. The number of carbonyl (C=O) groups excluding carboxylic acids is 2. The molecular formula is C18H29N3O2. The van der Waals surface area contributed by atoms with Crippen LogP contribution in [0.2, 0.25) is 0 Å². The van der Waals surface area contributed by atoms with Gasteiger partial charge in [0, 0.05) is 33.9 Å². The highest BCUT2D eigenvalue weighted by atomic mass is 16.2. The highest BCUT2D eigenvalue weighted by Gasteiger charge is 2.22. The first-order valence-electron chi connectivity index (χ1n) is 7.89. The van der Waals surface area contributed by atoms with Crippen molar-refractivity contribution in [2.75, 3.05) is 46.2 Å². The van der Waals surface area contributed by atoms with Gasteiger partial charge in [0.25, 0.3) is 0 Å². The fourth-order valence-corrected chi connectivity index (χ4v) is 2.40. The molecule has 0 aliphatic heterocycles. The predicted octanol–water partition coefficient (Wildman–Crippen LogP) is 2.10. The largest absolute Gasteiger partial charge is 0.352 e. The van der Waals surface area contributed by atoms with Gasteiger partial charge >= 0.3 is 0 Å². The van der Waals surface area contributed by atoms with Gasteiger partial charge in [-0.3, -0.25) is 9.59 Å². The molecule has 1 aromatic rings. The van der Waals surface area contributed by atoms with Crippen molar-refractivity contribution in [3.63, 3.8) is 0 Å². The van der Waals surface area contributed by atoms with Crippen LogP contribution in [0.25, 0.3) is 0 Å². The van der Waals surface area contributed by atoms with E-state index >= 15 is 0 Å². The molecule has 0 N–H and O–H groups in total. The van der Waals surface area contributed by atoms with Gasteiger partial charge in [-0.15, -0.1) is 0 Å². The van der Waals surface area contributed by atoms with Crippen LogP contribution in [-0.2, 0) is 9.59 Å². The van der Waals surface area contributed by atoms with Crippen LogP contribution < -0.4 is 4.90 Å². The van der Waals surface area contributed by atoms with Crippen LogP contribution in [0.15, 0.2) is 18.2 Å². The number of amides is 2. The molecule has 2 amide bonds. The summed E-state index contributed by atoms with van der Waals surface area (Å²) in [6.07, 6.45) is 0. The Bertz CT molecular complexity index is 543. The molecule has 0 radical (unpaired) electrons. The summed E-state index contributed by atoms with van der Waals surface area (Å²) in [4.78, 5) is 29.5. The van der Waals surface area contributed by atoms with Crippen LogP contribution in [0.5, 0.6) is 0 Å². The van der Waals surface area contributed by atoms with E-state index in [2.05, 4.69) is 19.9 Å². The maximum Gasteiger partial charge on any atom is 0.241 e. The van der Waals surface area contributed by atoms with E-state index in [4.69, 9.17) is 0 Å². The standard InChI is InChI=1S/C18H29N3O2/c1-13(2)15-10-8-9-14(3)18(15)21(11-16(22)19(4)5)12-17(23)20(6)7/h8-10,13H,11-12H2,1-7H3. The fourth-order valence-electron chi connectivity index (χ4n) is 2.40. The van der Waals surface area contributed by atoms with Crippen LogP contribution in [0.4, 0.5) is 5.69 Å². The minimum Gasteiger partial charge on any atom is -0.352 e. The van der Waals surface area contributed by atoms with E-state index in [1.54, 1.807) is 38.0 Å². The van der Waals surface area contributed by atoms with Crippen LogP contribution in [-0.4, -0.2) is 62.9 Å². The number of anilines is 1. The number of hydrogen-bond acceptors (Lipinski definition) is 3. The molecule has 0 aliphatic carbocycles. The van der Waals surface area contributed by atoms with Crippen LogP contribution in [0.3, 0.4) is 0 Å². The number of nitrogens with zero attached hydrogens (tertiary/aromatic N) is 3. The fraction of sp³-hybridized carbons (Fsp3) is 0.556. The summed E-state index contributed by atoms with van der Waals surface area (Å²) in [5.74, 6) is 0.278. The van der Waals surface area contributed by atoms with Gasteiger partial charge in [0.05, 0.1) is 13.1 Å². The van der Waals surface area contributed by atoms with Crippen molar-refractivity contribution < 1.29 is 9.59 Å². The number of rotatable bonds is 6. The van der Waals surface area contributed by atoms with E-state index in [1.807, 2.05) is 24.0 Å². The Balaban J connectivity index is 3.28. The summed E-state index contributed by atoms with van der Waals surface area (Å²) < 4.78 is 0. The first-order valence-corrected chi connectivity index (χ1v) is 7.89. The Morgan fingerprint density at radius 1 is 0.957 bits per heavy atom. The lowest BCUT2D eigenvalue weighted by atomic mass is 9.97. The van der Waals surface area contributed by atoms with Crippen molar-refractivity contribution in [1.82, 2.24) is 9.80 Å². The van der Waals surface area contributed by atoms with Gasteiger partial charge in [-0.2, -0.15) is 0 Å². The first kappa shape index (κ1) is 19.0. The normalized spacial score (nSPS) is 10.6. The molecule has 0 aromatic heterocycles. The molecule has 0 aliphatic rings. The van der Waals surface area contributed by atoms with Gasteiger partial charge in [-0.05, 0) is 24.0 Å². The Morgan fingerprint density at radius 2 is 1.43 bits per heavy atom. The second-order valence-electron chi connectivity index (χ2n) is 6.60. The summed E-state index contributed by atoms with van der Waals surface area (Å²) in [6, 6.07) is 6.11. The number of hydrogen-bond donors (Lipinski definition) is 0. The number of benzene rings is 1. The van der Waals surface area contributed by atoms with Gasteiger partial charge in [0.2, 0.25) is 11.8 Å². The first-order chi connectivity index (χ1) is 10.6. The third kappa shape index (κ3) is 4.98. The smallest absolute Gasteiger partial charge is 0.241 e. The molecule has 1 rings (SSSR count). The van der Waals surface area contributed by atoms with Crippen molar-refractivity contribution in [1.29, 1.82) is 0 Å². The van der Waals surface area contributed by atoms with Crippen LogP contribution in [0.1, 0.15) is 30.9 Å². The molecule has 0 unspecified atom stereocenters. The van der Waals surface area contributed by atoms with Crippen molar-refractivity contribution >= 4 is 17.5 Å². The average Bonchev–Trinajstić information content (AvgIpc) is 2.45. The number of likely N-dealkylation sites (N-methyl/N-ethyl adjacent to an activating group) is 2. The van der Waals surface area contributed by atoms with Crippen LogP contribution >= 0.6 is 0 Å². The van der Waals surface area contributed by atoms with E-state index in [-0.39, 0.29) is 24.9 Å². The van der Waals surface area contributed by atoms with E-state index in [0.29, 0.717) is 5.92 Å². The minimum absolute atomic E-state index is 0.0190. The molecule has 5 heteroatoms. The molecule has 0 saturated carbocycles. The summed E-state index contributed by atoms with van der Waals surface area (Å²) in [5, 5.41) is 0. The third-order valence-electron chi connectivity index (χ3n) is 3.86. The lowest BCUT2D eigenvalue weighted by Crippen LogP contribution is -2.43. The van der Waals surface area contributed by atoms with E-state index in [1.165, 1.54) is 0 Å². The minimum atomic E-state index is -0.0190. The molecule has 5 nitrogen and oxygen atoms in total. The summed E-state index contributed by atoms with van der Waals surface area (Å²) in [7, 11) is 6.93. The molecule has 0 saturated heterocycles. The maximum atomic E-state index is 12.2. The third-order valence-corrected chi connectivity index (χ3v) is 3.86. The number of carbonyl (C=O) groups is 2. The lowest BCUT2D eigenvalue weighted by Gasteiger charge is -2.30.